The minimum atomic E-state index is -0.985. The molecule has 0 bridgehead atoms. The molecule has 1 heterocycles. The quantitative estimate of drug-likeness (QED) is 0.235. The van der Waals surface area contributed by atoms with E-state index >= 15 is 0 Å². The molecule has 0 aliphatic heterocycles. The fraction of sp³-hybridized carbons (Fsp3) is 0.353. The van der Waals surface area contributed by atoms with Gasteiger partial charge in [0.25, 0.3) is 0 Å². The maximum Gasteiger partial charge on any atom is 0.248 e. The van der Waals surface area contributed by atoms with Crippen LogP contribution in [0, 0.1) is 6.92 Å². The number of H-pyrrole nitrogens is 1. The van der Waals surface area contributed by atoms with E-state index in [1.54, 1.807) is 17.0 Å². The van der Waals surface area contributed by atoms with Gasteiger partial charge in [-0.05, 0) is 61.2 Å². The third-order valence-electron chi connectivity index (χ3n) is 8.06. The van der Waals surface area contributed by atoms with Crippen molar-refractivity contribution in [3.8, 4) is 17.2 Å². The summed E-state index contributed by atoms with van der Waals surface area (Å²) < 4.78 is 16.9. The highest BCUT2D eigenvalue weighted by atomic mass is 16.5. The van der Waals surface area contributed by atoms with Crippen molar-refractivity contribution in [3.05, 3.63) is 83.6 Å². The molecule has 1 atom stereocenters. The fourth-order valence-electron chi connectivity index (χ4n) is 5.87. The van der Waals surface area contributed by atoms with Crippen LogP contribution in [0.5, 0.6) is 17.2 Å². The highest BCUT2D eigenvalue weighted by molar-refractivity contribution is 6.03. The number of methoxy groups -OCH3 is 3. The Kier molecular flexibility index (Phi) is 9.00. The first-order valence-corrected chi connectivity index (χ1v) is 14.5. The Labute approximate surface area is 247 Å². The second-order valence-electron chi connectivity index (χ2n) is 10.8. The summed E-state index contributed by atoms with van der Waals surface area (Å²) in [6.45, 7) is 1.99. The number of nitrogens with one attached hydrogen (secondary N) is 2. The van der Waals surface area contributed by atoms with Crippen molar-refractivity contribution >= 4 is 28.4 Å². The highest BCUT2D eigenvalue weighted by Gasteiger charge is 2.36. The topological polar surface area (TPSA) is 92.9 Å². The molecule has 0 saturated heterocycles. The van der Waals surface area contributed by atoms with Gasteiger partial charge < -0.3 is 24.5 Å². The predicted octanol–water partition coefficient (Wildman–Crippen LogP) is 6.27. The molecule has 8 heteroatoms. The van der Waals surface area contributed by atoms with Crippen LogP contribution in [0.1, 0.15) is 54.8 Å². The maximum absolute atomic E-state index is 14.4. The summed E-state index contributed by atoms with van der Waals surface area (Å²) >= 11 is 0. The van der Waals surface area contributed by atoms with E-state index in [1.165, 1.54) is 27.8 Å². The first-order valence-electron chi connectivity index (χ1n) is 14.5. The molecule has 42 heavy (non-hydrogen) atoms. The number of anilines is 1. The van der Waals surface area contributed by atoms with E-state index in [2.05, 4.69) is 10.3 Å². The van der Waals surface area contributed by atoms with Crippen molar-refractivity contribution in [1.29, 1.82) is 0 Å². The lowest BCUT2D eigenvalue weighted by Gasteiger charge is -2.34. The molecule has 5 rings (SSSR count). The average Bonchev–Trinajstić information content (AvgIpc) is 3.42. The van der Waals surface area contributed by atoms with Crippen LogP contribution in [-0.2, 0) is 16.0 Å². The smallest absolute Gasteiger partial charge is 0.248 e. The number of para-hydroxylation sites is 1. The van der Waals surface area contributed by atoms with Crippen molar-refractivity contribution in [3.63, 3.8) is 0 Å². The Morgan fingerprint density at radius 3 is 2.24 bits per heavy atom. The van der Waals surface area contributed by atoms with Crippen molar-refractivity contribution in [2.45, 2.75) is 57.5 Å². The van der Waals surface area contributed by atoms with Gasteiger partial charge in [-0.1, -0.05) is 55.2 Å². The normalized spacial score (nSPS) is 14.3. The fourth-order valence-corrected chi connectivity index (χ4v) is 5.87. The van der Waals surface area contributed by atoms with Gasteiger partial charge in [0.2, 0.25) is 17.6 Å². The third kappa shape index (κ3) is 6.08. The molecule has 1 aliphatic rings. The number of rotatable bonds is 10. The maximum atomic E-state index is 14.4. The number of carbonyl (C=O) groups excluding carboxylic acids is 2. The number of nitrogens with zero attached hydrogens (tertiary/aromatic N) is 1. The van der Waals surface area contributed by atoms with Gasteiger partial charge in [-0.25, -0.2) is 0 Å². The molecule has 220 valence electrons. The molecule has 1 aliphatic carbocycles. The second kappa shape index (κ2) is 13.0. The number of aromatic amines is 1. The summed E-state index contributed by atoms with van der Waals surface area (Å²) in [5.74, 6) is 0.790. The molecular formula is C34H39N3O5. The zero-order valence-corrected chi connectivity index (χ0v) is 24.7. The summed E-state index contributed by atoms with van der Waals surface area (Å²) in [4.78, 5) is 33.6. The number of fused-ring (bicyclic) bond motifs is 1. The van der Waals surface area contributed by atoms with Gasteiger partial charge in [-0.15, -0.1) is 0 Å². The zero-order valence-electron chi connectivity index (χ0n) is 24.7. The van der Waals surface area contributed by atoms with Crippen LogP contribution in [0.4, 0.5) is 5.69 Å². The average molecular weight is 570 g/mol. The van der Waals surface area contributed by atoms with E-state index in [9.17, 15) is 9.59 Å². The number of hydrogen-bond donors (Lipinski definition) is 2. The minimum absolute atomic E-state index is 0.0550. The molecule has 2 amide bonds. The third-order valence-corrected chi connectivity index (χ3v) is 8.06. The molecular weight excluding hydrogens is 530 g/mol. The number of carbonyl (C=O) groups is 2. The van der Waals surface area contributed by atoms with Crippen LogP contribution >= 0.6 is 0 Å². The summed E-state index contributed by atoms with van der Waals surface area (Å²) in [6.07, 6.45) is 7.12. The van der Waals surface area contributed by atoms with Crippen molar-refractivity contribution in [1.82, 2.24) is 10.3 Å². The lowest BCUT2D eigenvalue weighted by molar-refractivity contribution is -0.127. The molecule has 3 aromatic carbocycles. The summed E-state index contributed by atoms with van der Waals surface area (Å²) in [7, 11) is 4.62. The molecule has 0 radical (unpaired) electrons. The second-order valence-corrected chi connectivity index (χ2v) is 10.8. The predicted molar refractivity (Wildman–Crippen MR) is 165 cm³/mol. The Bertz CT molecular complexity index is 1510. The van der Waals surface area contributed by atoms with E-state index < -0.39 is 6.04 Å². The lowest BCUT2D eigenvalue weighted by atomic mass is 9.94. The van der Waals surface area contributed by atoms with Gasteiger partial charge >= 0.3 is 0 Å². The molecule has 0 spiro atoms. The molecule has 1 aromatic heterocycles. The first-order chi connectivity index (χ1) is 20.4. The number of aryl methyl sites for hydroxylation is 1. The van der Waals surface area contributed by atoms with E-state index in [1.807, 2.05) is 61.7 Å². The van der Waals surface area contributed by atoms with Crippen LogP contribution in [0.3, 0.4) is 0 Å². The van der Waals surface area contributed by atoms with E-state index in [-0.39, 0.29) is 24.3 Å². The van der Waals surface area contributed by atoms with E-state index in [4.69, 9.17) is 14.2 Å². The largest absolute Gasteiger partial charge is 0.493 e. The van der Waals surface area contributed by atoms with Crippen molar-refractivity contribution in [2.75, 3.05) is 26.2 Å². The number of aromatic nitrogens is 1. The van der Waals surface area contributed by atoms with E-state index in [0.29, 0.717) is 28.5 Å². The van der Waals surface area contributed by atoms with Gasteiger partial charge in [0, 0.05) is 28.8 Å². The summed E-state index contributed by atoms with van der Waals surface area (Å²) in [6, 6.07) is 18.2. The van der Waals surface area contributed by atoms with Crippen LogP contribution in [0.15, 0.2) is 66.9 Å². The minimum Gasteiger partial charge on any atom is -0.493 e. The van der Waals surface area contributed by atoms with E-state index in [0.717, 1.165) is 47.7 Å². The van der Waals surface area contributed by atoms with Crippen molar-refractivity contribution < 1.29 is 23.8 Å². The van der Waals surface area contributed by atoms with Crippen molar-refractivity contribution in [2.24, 2.45) is 0 Å². The van der Waals surface area contributed by atoms with Gasteiger partial charge in [0.15, 0.2) is 11.5 Å². The number of benzene rings is 3. The number of amides is 2. The Hall–Kier alpha value is -4.46. The summed E-state index contributed by atoms with van der Waals surface area (Å²) in [5, 5.41) is 4.25. The lowest BCUT2D eigenvalue weighted by Crippen LogP contribution is -2.47. The monoisotopic (exact) mass is 569 g/mol. The Morgan fingerprint density at radius 2 is 1.60 bits per heavy atom. The first kappa shape index (κ1) is 29.0. The number of hydrogen-bond acceptors (Lipinski definition) is 5. The Morgan fingerprint density at radius 1 is 0.929 bits per heavy atom. The van der Waals surface area contributed by atoms with Gasteiger partial charge in [-0.2, -0.15) is 0 Å². The molecule has 1 fully saturated rings. The SMILES string of the molecule is COc1cc([C@@H](C(=O)NC2CCCCC2)N(C(=O)Cc2c[nH]c3ccccc23)c2ccc(C)cc2)cc(OC)c1OC. The highest BCUT2D eigenvalue weighted by Crippen LogP contribution is 2.42. The zero-order chi connectivity index (χ0) is 29.6. The van der Waals surface area contributed by atoms with Crippen LogP contribution in [0.25, 0.3) is 10.9 Å². The van der Waals surface area contributed by atoms with Gasteiger partial charge in [-0.3, -0.25) is 14.5 Å². The molecule has 8 nitrogen and oxygen atoms in total. The summed E-state index contributed by atoms with van der Waals surface area (Å²) in [5.41, 5.74) is 4.06. The molecule has 4 aromatic rings. The Balaban J connectivity index is 1.64. The van der Waals surface area contributed by atoms with Crippen LogP contribution < -0.4 is 24.4 Å². The molecule has 0 unspecified atom stereocenters. The van der Waals surface area contributed by atoms with Gasteiger partial charge in [0.05, 0.1) is 27.8 Å². The standard InChI is InChI=1S/C34H39N3O5/c1-22-14-16-26(17-15-22)37(31(38)20-24-21-35-28-13-9-8-12-27(24)28)32(34(39)36-25-10-6-5-7-11-25)23-18-29(40-2)33(42-4)30(19-23)41-3/h8-9,12-19,21,25,32,35H,5-7,10-11,20H2,1-4H3,(H,36,39)/t32-/m0/s1. The number of ether oxygens (including phenoxy) is 3. The van der Waals surface area contributed by atoms with Crippen LogP contribution in [-0.4, -0.2) is 44.2 Å². The molecule has 1 saturated carbocycles. The van der Waals surface area contributed by atoms with Gasteiger partial charge in [0.1, 0.15) is 6.04 Å². The van der Waals surface area contributed by atoms with Crippen LogP contribution in [0.2, 0.25) is 0 Å². The molecule has 2 N–H and O–H groups in total.